The topological polar surface area (TPSA) is 68.7 Å². The highest BCUT2D eigenvalue weighted by Crippen LogP contribution is 2.35. The van der Waals surface area contributed by atoms with Gasteiger partial charge in [0.25, 0.3) is 0 Å². The summed E-state index contributed by atoms with van der Waals surface area (Å²) in [6, 6.07) is 4.82. The average Bonchev–Trinajstić information content (AvgIpc) is 2.63. The van der Waals surface area contributed by atoms with Crippen molar-refractivity contribution in [1.82, 2.24) is 4.98 Å². The summed E-state index contributed by atoms with van der Waals surface area (Å²) in [5.41, 5.74) is 1.46. The minimum atomic E-state index is -0.696. The summed E-state index contributed by atoms with van der Waals surface area (Å²) in [7, 11) is 1.00. The maximum atomic E-state index is 14.2. The minimum Gasteiger partial charge on any atom is -0.477 e. The second-order valence-electron chi connectivity index (χ2n) is 5.14. The summed E-state index contributed by atoms with van der Waals surface area (Å²) in [5, 5.41) is 7.00. The van der Waals surface area contributed by atoms with Gasteiger partial charge in [-0.1, -0.05) is 0 Å². The third-order valence-corrected chi connectivity index (χ3v) is 3.60. The zero-order valence-electron chi connectivity index (χ0n) is 14.0. The summed E-state index contributed by atoms with van der Waals surface area (Å²) in [6.07, 6.45) is 1.42. The number of ether oxygens (including phenoxy) is 2. The average molecular weight is 351 g/mol. The molecule has 0 saturated heterocycles. The van der Waals surface area contributed by atoms with Crippen LogP contribution < -0.4 is 4.74 Å². The van der Waals surface area contributed by atoms with Gasteiger partial charge in [0, 0.05) is 24.3 Å². The Morgan fingerprint density at radius 1 is 1.28 bits per heavy atom. The minimum absolute atomic E-state index is 0.0474. The number of rotatable bonds is 3. The SMILES string of the molecule is CCOC(=O)c1cc(-c2ccc(F)cc2F)c2c(n1)OCCC2.CO. The van der Waals surface area contributed by atoms with Crippen molar-refractivity contribution in [3.63, 3.8) is 0 Å². The van der Waals surface area contributed by atoms with Crippen LogP contribution in [0.4, 0.5) is 8.78 Å². The highest BCUT2D eigenvalue weighted by atomic mass is 19.1. The molecule has 1 aromatic heterocycles. The molecule has 0 unspecified atom stereocenters. The van der Waals surface area contributed by atoms with Crippen molar-refractivity contribution in [3.05, 3.63) is 47.2 Å². The second kappa shape index (κ2) is 8.53. The van der Waals surface area contributed by atoms with Crippen LogP contribution in [0.25, 0.3) is 11.1 Å². The van der Waals surface area contributed by atoms with Crippen LogP contribution in [0.15, 0.2) is 24.3 Å². The van der Waals surface area contributed by atoms with Crippen LogP contribution >= 0.6 is 0 Å². The predicted octanol–water partition coefficient (Wildman–Crippen LogP) is 3.14. The number of esters is 1. The molecule has 0 spiro atoms. The Labute approximate surface area is 144 Å². The number of nitrogens with zero attached hydrogens (tertiary/aromatic N) is 1. The maximum Gasteiger partial charge on any atom is 0.357 e. The molecule has 134 valence electrons. The molecule has 0 saturated carbocycles. The number of hydrogen-bond donors (Lipinski definition) is 1. The van der Waals surface area contributed by atoms with E-state index < -0.39 is 17.6 Å². The fraction of sp³-hybridized carbons (Fsp3) is 0.333. The standard InChI is InChI=1S/C17H15F2NO3.CH4O/c1-2-22-17(21)15-9-13(11-6-5-10(18)8-14(11)19)12-4-3-7-23-16(12)20-15;1-2/h5-6,8-9H,2-4,7H2,1H3;2H,1H3. The van der Waals surface area contributed by atoms with Crippen LogP contribution in [0.5, 0.6) is 5.88 Å². The number of halogens is 2. The number of carbonyl (C=O) groups excluding carboxylic acids is 1. The van der Waals surface area contributed by atoms with E-state index in [2.05, 4.69) is 4.98 Å². The van der Waals surface area contributed by atoms with Gasteiger partial charge in [-0.3, -0.25) is 0 Å². The molecule has 2 aromatic rings. The van der Waals surface area contributed by atoms with E-state index in [-0.39, 0.29) is 17.9 Å². The first kappa shape index (κ1) is 18.8. The van der Waals surface area contributed by atoms with E-state index in [4.69, 9.17) is 14.6 Å². The number of hydrogen-bond acceptors (Lipinski definition) is 5. The Morgan fingerprint density at radius 2 is 2.04 bits per heavy atom. The smallest absolute Gasteiger partial charge is 0.357 e. The molecule has 3 rings (SSSR count). The number of aromatic nitrogens is 1. The van der Waals surface area contributed by atoms with Crippen molar-refractivity contribution in [1.29, 1.82) is 0 Å². The van der Waals surface area contributed by atoms with Crippen LogP contribution in [0.3, 0.4) is 0 Å². The number of carbonyl (C=O) groups is 1. The predicted molar refractivity (Wildman–Crippen MR) is 87.5 cm³/mol. The van der Waals surface area contributed by atoms with Crippen molar-refractivity contribution < 1.29 is 28.2 Å². The molecule has 5 nitrogen and oxygen atoms in total. The van der Waals surface area contributed by atoms with Gasteiger partial charge < -0.3 is 14.6 Å². The van der Waals surface area contributed by atoms with E-state index in [1.807, 2.05) is 0 Å². The maximum absolute atomic E-state index is 14.2. The molecular formula is C18H19F2NO4. The molecule has 25 heavy (non-hydrogen) atoms. The number of fused-ring (bicyclic) bond motifs is 1. The summed E-state index contributed by atoms with van der Waals surface area (Å²) < 4.78 is 37.8. The van der Waals surface area contributed by atoms with Crippen LogP contribution in [0.1, 0.15) is 29.4 Å². The normalized spacial score (nSPS) is 12.4. The molecule has 0 fully saturated rings. The van der Waals surface area contributed by atoms with Crippen molar-refractivity contribution in [3.8, 4) is 17.0 Å². The summed E-state index contributed by atoms with van der Waals surface area (Å²) >= 11 is 0. The van der Waals surface area contributed by atoms with Crippen molar-refractivity contribution in [2.75, 3.05) is 20.3 Å². The highest BCUT2D eigenvalue weighted by molar-refractivity contribution is 5.90. The lowest BCUT2D eigenvalue weighted by molar-refractivity contribution is 0.0518. The number of benzene rings is 1. The summed E-state index contributed by atoms with van der Waals surface area (Å²) in [6.45, 7) is 2.38. The van der Waals surface area contributed by atoms with E-state index in [1.165, 1.54) is 18.2 Å². The van der Waals surface area contributed by atoms with Gasteiger partial charge in [0.05, 0.1) is 13.2 Å². The zero-order valence-corrected chi connectivity index (χ0v) is 14.0. The first-order valence-corrected chi connectivity index (χ1v) is 7.84. The van der Waals surface area contributed by atoms with Crippen LogP contribution in [-0.4, -0.2) is 36.4 Å². The van der Waals surface area contributed by atoms with Crippen LogP contribution in [0.2, 0.25) is 0 Å². The van der Waals surface area contributed by atoms with Gasteiger partial charge in [0.15, 0.2) is 5.69 Å². The molecule has 1 aromatic carbocycles. The number of aliphatic hydroxyl groups is 1. The molecular weight excluding hydrogens is 332 g/mol. The van der Waals surface area contributed by atoms with Gasteiger partial charge >= 0.3 is 5.97 Å². The monoisotopic (exact) mass is 351 g/mol. The van der Waals surface area contributed by atoms with Gasteiger partial charge in [0.2, 0.25) is 5.88 Å². The van der Waals surface area contributed by atoms with Gasteiger partial charge in [-0.25, -0.2) is 18.6 Å². The Hall–Kier alpha value is -2.54. The van der Waals surface area contributed by atoms with Gasteiger partial charge in [-0.15, -0.1) is 0 Å². The van der Waals surface area contributed by atoms with Gasteiger partial charge in [-0.2, -0.15) is 0 Å². The molecule has 0 amide bonds. The van der Waals surface area contributed by atoms with E-state index in [0.29, 0.717) is 24.5 Å². The molecule has 0 radical (unpaired) electrons. The molecule has 1 aliphatic rings. The van der Waals surface area contributed by atoms with Gasteiger partial charge in [0.1, 0.15) is 11.6 Å². The fourth-order valence-electron chi connectivity index (χ4n) is 2.58. The lowest BCUT2D eigenvalue weighted by Crippen LogP contribution is -2.15. The first-order chi connectivity index (χ1) is 12.1. The summed E-state index contributed by atoms with van der Waals surface area (Å²) in [5.74, 6) is -1.65. The Balaban J connectivity index is 0.00000109. The van der Waals surface area contributed by atoms with Crippen LogP contribution in [-0.2, 0) is 11.2 Å². The largest absolute Gasteiger partial charge is 0.477 e. The molecule has 1 N–H and O–H groups in total. The van der Waals surface area contributed by atoms with E-state index in [1.54, 1.807) is 6.92 Å². The first-order valence-electron chi connectivity index (χ1n) is 7.84. The number of aliphatic hydroxyl groups excluding tert-OH is 1. The molecule has 0 aliphatic carbocycles. The van der Waals surface area contributed by atoms with Gasteiger partial charge in [-0.05, 0) is 43.5 Å². The molecule has 0 atom stereocenters. The molecule has 1 aliphatic heterocycles. The quantitative estimate of drug-likeness (QED) is 0.861. The Kier molecular flexibility index (Phi) is 6.41. The molecule has 0 bridgehead atoms. The fourth-order valence-corrected chi connectivity index (χ4v) is 2.58. The van der Waals surface area contributed by atoms with Crippen LogP contribution in [0, 0.1) is 11.6 Å². The van der Waals surface area contributed by atoms with E-state index in [0.717, 1.165) is 25.2 Å². The van der Waals surface area contributed by atoms with Crippen molar-refractivity contribution >= 4 is 5.97 Å². The van der Waals surface area contributed by atoms with Crippen molar-refractivity contribution in [2.24, 2.45) is 0 Å². The van der Waals surface area contributed by atoms with Crippen molar-refractivity contribution in [2.45, 2.75) is 19.8 Å². The zero-order chi connectivity index (χ0) is 18.4. The Morgan fingerprint density at radius 3 is 2.72 bits per heavy atom. The Bertz CT molecular complexity index is 765. The third-order valence-electron chi connectivity index (χ3n) is 3.60. The lowest BCUT2D eigenvalue weighted by Gasteiger charge is -2.20. The lowest BCUT2D eigenvalue weighted by atomic mass is 9.95. The second-order valence-corrected chi connectivity index (χ2v) is 5.14. The highest BCUT2D eigenvalue weighted by Gasteiger charge is 2.23. The molecule has 2 heterocycles. The van der Waals surface area contributed by atoms with E-state index in [9.17, 15) is 13.6 Å². The number of pyridine rings is 1. The summed E-state index contributed by atoms with van der Waals surface area (Å²) in [4.78, 5) is 16.1. The molecule has 7 heteroatoms. The third kappa shape index (κ3) is 4.11. The van der Waals surface area contributed by atoms with E-state index >= 15 is 0 Å².